The number of anilines is 1. The number of nitrogens with one attached hydrogen (secondary N) is 1. The van der Waals surface area contributed by atoms with Crippen molar-refractivity contribution >= 4 is 5.82 Å². The van der Waals surface area contributed by atoms with E-state index in [-0.39, 0.29) is 11.4 Å². The van der Waals surface area contributed by atoms with Crippen molar-refractivity contribution in [2.75, 3.05) is 25.6 Å². The summed E-state index contributed by atoms with van der Waals surface area (Å²) in [6, 6.07) is 0.896. The van der Waals surface area contributed by atoms with Gasteiger partial charge in [-0.25, -0.2) is 4.98 Å². The molecule has 0 amide bonds. The van der Waals surface area contributed by atoms with Crippen molar-refractivity contribution in [3.8, 4) is 0 Å². The molecule has 0 saturated heterocycles. The van der Waals surface area contributed by atoms with Crippen molar-refractivity contribution < 1.29 is 23.0 Å². The first kappa shape index (κ1) is 14.7. The summed E-state index contributed by atoms with van der Waals surface area (Å²) in [5, 5.41) is 12.3. The van der Waals surface area contributed by atoms with Crippen LogP contribution >= 0.6 is 0 Å². The molecule has 0 saturated carbocycles. The van der Waals surface area contributed by atoms with Crippen LogP contribution in [0.25, 0.3) is 0 Å². The van der Waals surface area contributed by atoms with Crippen LogP contribution in [0.3, 0.4) is 0 Å². The average Bonchev–Trinajstić information content (AvgIpc) is 2.28. The number of hydrogen-bond acceptors (Lipinski definition) is 4. The average molecular weight is 264 g/mol. The fourth-order valence-electron chi connectivity index (χ4n) is 1.37. The molecule has 2 N–H and O–H groups in total. The molecule has 1 heterocycles. The maximum Gasteiger partial charge on any atom is 0.417 e. The minimum Gasteiger partial charge on any atom is -0.389 e. The van der Waals surface area contributed by atoms with E-state index in [0.29, 0.717) is 13.2 Å². The minimum absolute atomic E-state index is 0.112. The highest BCUT2D eigenvalue weighted by Gasteiger charge is 2.32. The topological polar surface area (TPSA) is 54.4 Å². The van der Waals surface area contributed by atoms with E-state index in [9.17, 15) is 18.3 Å². The van der Waals surface area contributed by atoms with Crippen LogP contribution in [-0.4, -0.2) is 30.4 Å². The number of ether oxygens (including phenoxy) is 1. The van der Waals surface area contributed by atoms with E-state index >= 15 is 0 Å². The molecule has 0 spiro atoms. The molecule has 0 aliphatic rings. The number of aliphatic hydroxyl groups is 1. The van der Waals surface area contributed by atoms with Gasteiger partial charge in [-0.05, 0) is 13.0 Å². The van der Waals surface area contributed by atoms with E-state index in [1.807, 2.05) is 0 Å². The second-order valence-corrected chi connectivity index (χ2v) is 3.76. The first-order chi connectivity index (χ1) is 8.36. The monoisotopic (exact) mass is 264 g/mol. The lowest BCUT2D eigenvalue weighted by atomic mass is 10.1. The van der Waals surface area contributed by atoms with Crippen LogP contribution in [0.4, 0.5) is 19.0 Å². The summed E-state index contributed by atoms with van der Waals surface area (Å²) >= 11 is 0. The molecule has 102 valence electrons. The Bertz CT molecular complexity index is 394. The largest absolute Gasteiger partial charge is 0.417 e. The van der Waals surface area contributed by atoms with Gasteiger partial charge in [0.25, 0.3) is 0 Å². The zero-order valence-electron chi connectivity index (χ0n) is 10.1. The molecule has 7 heteroatoms. The minimum atomic E-state index is -4.47. The van der Waals surface area contributed by atoms with Gasteiger partial charge in [0.1, 0.15) is 5.82 Å². The molecule has 0 aliphatic heterocycles. The maximum absolute atomic E-state index is 12.5. The van der Waals surface area contributed by atoms with Crippen molar-refractivity contribution in [2.24, 2.45) is 0 Å². The van der Waals surface area contributed by atoms with Gasteiger partial charge in [0.05, 0.1) is 18.3 Å². The third-order valence-electron chi connectivity index (χ3n) is 2.29. The molecule has 1 aromatic heterocycles. The van der Waals surface area contributed by atoms with Gasteiger partial charge in [0, 0.05) is 25.4 Å². The molecule has 0 aromatic carbocycles. The first-order valence-corrected chi connectivity index (χ1v) is 5.34. The summed E-state index contributed by atoms with van der Waals surface area (Å²) in [6.07, 6.45) is -4.77. The lowest BCUT2D eigenvalue weighted by Crippen LogP contribution is -2.14. The molecule has 1 rings (SSSR count). The number of aromatic nitrogens is 1. The van der Waals surface area contributed by atoms with Crippen molar-refractivity contribution in [3.63, 3.8) is 0 Å². The number of aliphatic hydroxyl groups excluding tert-OH is 1. The zero-order chi connectivity index (χ0) is 13.8. The molecule has 1 atom stereocenters. The number of nitrogens with zero attached hydrogens (tertiary/aromatic N) is 1. The molecule has 18 heavy (non-hydrogen) atoms. The van der Waals surface area contributed by atoms with Crippen LogP contribution in [0.15, 0.2) is 12.3 Å². The van der Waals surface area contributed by atoms with Crippen LogP contribution in [0.5, 0.6) is 0 Å². The fraction of sp³-hybridized carbons (Fsp3) is 0.545. The normalized spacial score (nSPS) is 13.4. The second-order valence-electron chi connectivity index (χ2n) is 3.76. The third-order valence-corrected chi connectivity index (χ3v) is 2.29. The Morgan fingerprint density at radius 1 is 1.50 bits per heavy atom. The molecule has 0 aliphatic carbocycles. The fourth-order valence-corrected chi connectivity index (χ4v) is 1.37. The van der Waals surface area contributed by atoms with Gasteiger partial charge in [-0.15, -0.1) is 0 Å². The molecule has 0 radical (unpaired) electrons. The van der Waals surface area contributed by atoms with Gasteiger partial charge in [-0.1, -0.05) is 0 Å². The predicted molar refractivity (Wildman–Crippen MR) is 60.2 cm³/mol. The van der Waals surface area contributed by atoms with Crippen molar-refractivity contribution in [1.29, 1.82) is 0 Å². The van der Waals surface area contributed by atoms with Crippen LogP contribution in [0, 0.1) is 0 Å². The van der Waals surface area contributed by atoms with E-state index in [1.54, 1.807) is 0 Å². The second kappa shape index (κ2) is 6.01. The van der Waals surface area contributed by atoms with Crippen LogP contribution in [-0.2, 0) is 10.9 Å². The van der Waals surface area contributed by atoms with E-state index in [1.165, 1.54) is 14.0 Å². The van der Waals surface area contributed by atoms with Gasteiger partial charge >= 0.3 is 6.18 Å². The zero-order valence-corrected chi connectivity index (χ0v) is 10.1. The van der Waals surface area contributed by atoms with Crippen LogP contribution in [0.1, 0.15) is 24.2 Å². The van der Waals surface area contributed by atoms with E-state index in [0.717, 1.165) is 12.3 Å². The smallest absolute Gasteiger partial charge is 0.389 e. The Morgan fingerprint density at radius 2 is 2.17 bits per heavy atom. The Labute approximate surface area is 103 Å². The molecule has 1 aromatic rings. The highest BCUT2D eigenvalue weighted by Crippen LogP contribution is 2.32. The Hall–Kier alpha value is -1.34. The molecule has 4 nitrogen and oxygen atoms in total. The van der Waals surface area contributed by atoms with E-state index in [2.05, 4.69) is 10.3 Å². The molecule has 1 unspecified atom stereocenters. The first-order valence-electron chi connectivity index (χ1n) is 5.34. The lowest BCUT2D eigenvalue weighted by molar-refractivity contribution is -0.137. The Balaban J connectivity index is 2.98. The quantitative estimate of drug-likeness (QED) is 0.801. The summed E-state index contributed by atoms with van der Waals surface area (Å²) in [5.74, 6) is 0.232. The molecular formula is C11H15F3N2O2. The van der Waals surface area contributed by atoms with Gasteiger partial charge in [0.15, 0.2) is 0 Å². The molecule has 0 bridgehead atoms. The summed E-state index contributed by atoms with van der Waals surface area (Å²) in [7, 11) is 1.51. The van der Waals surface area contributed by atoms with Gasteiger partial charge in [0.2, 0.25) is 0 Å². The number of hydrogen-bond donors (Lipinski definition) is 2. The van der Waals surface area contributed by atoms with Crippen LogP contribution in [0.2, 0.25) is 0 Å². The highest BCUT2D eigenvalue weighted by molar-refractivity contribution is 5.47. The van der Waals surface area contributed by atoms with E-state index < -0.39 is 17.8 Å². The highest BCUT2D eigenvalue weighted by atomic mass is 19.4. The third kappa shape index (κ3) is 3.85. The summed E-state index contributed by atoms with van der Waals surface area (Å²) in [6.45, 7) is 2.18. The standard InChI is InChI=1S/C11H15F3N2O2/c1-7(17)9-5-8(11(12,13)14)6-16-10(9)15-3-4-18-2/h5-7,17H,3-4H2,1-2H3,(H,15,16). The van der Waals surface area contributed by atoms with Gasteiger partial charge in [-0.3, -0.25) is 0 Å². The number of halogens is 3. The van der Waals surface area contributed by atoms with Gasteiger partial charge < -0.3 is 15.2 Å². The molecule has 0 fully saturated rings. The summed E-state index contributed by atoms with van der Waals surface area (Å²) in [5.41, 5.74) is -0.767. The Kier molecular flexibility index (Phi) is 4.92. The number of alkyl halides is 3. The summed E-state index contributed by atoms with van der Waals surface area (Å²) < 4.78 is 42.3. The SMILES string of the molecule is COCCNc1ncc(C(F)(F)F)cc1C(C)O. The summed E-state index contributed by atoms with van der Waals surface area (Å²) in [4.78, 5) is 3.69. The van der Waals surface area contributed by atoms with Crippen molar-refractivity contribution in [2.45, 2.75) is 19.2 Å². The number of rotatable bonds is 5. The maximum atomic E-state index is 12.5. The van der Waals surface area contributed by atoms with Crippen molar-refractivity contribution in [1.82, 2.24) is 4.98 Å². The Morgan fingerprint density at radius 3 is 2.67 bits per heavy atom. The van der Waals surface area contributed by atoms with Gasteiger partial charge in [-0.2, -0.15) is 13.2 Å². The number of methoxy groups -OCH3 is 1. The van der Waals surface area contributed by atoms with Crippen LogP contribution < -0.4 is 5.32 Å². The molecular weight excluding hydrogens is 249 g/mol. The number of pyridine rings is 1. The van der Waals surface area contributed by atoms with E-state index in [4.69, 9.17) is 4.74 Å². The predicted octanol–water partition coefficient (Wildman–Crippen LogP) is 2.21. The lowest BCUT2D eigenvalue weighted by Gasteiger charge is -2.15. The van der Waals surface area contributed by atoms with Crippen molar-refractivity contribution in [3.05, 3.63) is 23.4 Å².